The maximum Gasteiger partial charge on any atom is 0.268 e. The predicted molar refractivity (Wildman–Crippen MR) is 172 cm³/mol. The smallest absolute Gasteiger partial charge is 0.268 e. The van der Waals surface area contributed by atoms with E-state index >= 15 is 0 Å². The molecule has 232 valence electrons. The second-order valence-electron chi connectivity index (χ2n) is 13.8. The summed E-state index contributed by atoms with van der Waals surface area (Å²) in [4.78, 5) is 20.7. The van der Waals surface area contributed by atoms with Gasteiger partial charge in [-0.05, 0) is 68.2 Å². The number of hydrogen-bond acceptors (Lipinski definition) is 8. The first kappa shape index (κ1) is 31.4. The van der Waals surface area contributed by atoms with Gasteiger partial charge in [0.15, 0.2) is 5.82 Å². The molecule has 0 unspecified atom stereocenters. The minimum absolute atomic E-state index is 0.0541. The molecule has 9 nitrogen and oxygen atoms in total. The van der Waals surface area contributed by atoms with E-state index in [-0.39, 0.29) is 26.0 Å². The minimum atomic E-state index is -4.11. The van der Waals surface area contributed by atoms with Crippen LogP contribution in [0.3, 0.4) is 0 Å². The van der Waals surface area contributed by atoms with Gasteiger partial charge in [-0.2, -0.15) is 12.6 Å². The Morgan fingerprint density at radius 2 is 1.74 bits per heavy atom. The zero-order valence-electron chi connectivity index (χ0n) is 26.3. The molecule has 5 rings (SSSR count). The Balaban J connectivity index is 1.48. The normalized spacial score (nSPS) is 22.4. The zero-order valence-corrected chi connectivity index (χ0v) is 28.0. The second kappa shape index (κ2) is 10.5. The van der Waals surface area contributed by atoms with Gasteiger partial charge in [-0.25, -0.2) is 22.8 Å². The van der Waals surface area contributed by atoms with Crippen LogP contribution in [0.2, 0.25) is 0 Å². The van der Waals surface area contributed by atoms with Crippen LogP contribution in [0.25, 0.3) is 5.82 Å². The number of ether oxygens (including phenoxy) is 1. The summed E-state index contributed by atoms with van der Waals surface area (Å²) in [5.41, 5.74) is 0.724. The topological polar surface area (TPSA) is 106 Å². The van der Waals surface area contributed by atoms with Crippen LogP contribution < -0.4 is 14.4 Å². The SMILES string of the molecule is CC[C@]1(S)CN(c2nc(-n3ccc(OCC4C(C)(C)C4(C)C)n3)ccc2C(=O)NS(=O)(=O)c2ccccc2C)C(C)(C)C1. The summed E-state index contributed by atoms with van der Waals surface area (Å²) in [5.74, 6) is 1.04. The van der Waals surface area contributed by atoms with Crippen molar-refractivity contribution in [2.45, 2.75) is 83.4 Å². The summed E-state index contributed by atoms with van der Waals surface area (Å²) >= 11 is 4.99. The summed E-state index contributed by atoms with van der Waals surface area (Å²) in [6.07, 6.45) is 3.37. The van der Waals surface area contributed by atoms with Crippen molar-refractivity contribution in [3.8, 4) is 11.7 Å². The van der Waals surface area contributed by atoms with Gasteiger partial charge in [-0.15, -0.1) is 5.10 Å². The van der Waals surface area contributed by atoms with Gasteiger partial charge in [0.1, 0.15) is 5.82 Å². The van der Waals surface area contributed by atoms with Crippen molar-refractivity contribution in [3.63, 3.8) is 0 Å². The van der Waals surface area contributed by atoms with Gasteiger partial charge in [0.05, 0.1) is 17.1 Å². The van der Waals surface area contributed by atoms with Crippen molar-refractivity contribution in [1.82, 2.24) is 19.5 Å². The van der Waals surface area contributed by atoms with Crippen molar-refractivity contribution in [2.75, 3.05) is 18.1 Å². The zero-order chi connectivity index (χ0) is 31.6. The molecule has 43 heavy (non-hydrogen) atoms. The molecule has 3 heterocycles. The first-order valence-corrected chi connectivity index (χ1v) is 16.7. The lowest BCUT2D eigenvalue weighted by Gasteiger charge is -2.33. The van der Waals surface area contributed by atoms with E-state index in [1.165, 1.54) is 6.07 Å². The molecule has 0 radical (unpaired) electrons. The molecule has 1 atom stereocenters. The number of anilines is 1. The maximum absolute atomic E-state index is 13.7. The molecular weight excluding hydrogens is 583 g/mol. The van der Waals surface area contributed by atoms with Crippen LogP contribution in [0.5, 0.6) is 5.88 Å². The Morgan fingerprint density at radius 1 is 1.07 bits per heavy atom. The first-order valence-electron chi connectivity index (χ1n) is 14.7. The van der Waals surface area contributed by atoms with Crippen LogP contribution in [0.1, 0.15) is 77.2 Å². The molecule has 0 bridgehead atoms. The number of sulfonamides is 1. The van der Waals surface area contributed by atoms with Gasteiger partial charge in [0.2, 0.25) is 5.88 Å². The maximum atomic E-state index is 13.7. The number of carbonyl (C=O) groups excluding carboxylic acids is 1. The lowest BCUT2D eigenvalue weighted by molar-refractivity contribution is 0.0981. The Hall–Kier alpha value is -3.05. The molecule has 3 aromatic rings. The number of carbonyl (C=O) groups is 1. The molecule has 2 aromatic heterocycles. The Labute approximate surface area is 260 Å². The minimum Gasteiger partial charge on any atom is -0.476 e. The number of aryl methyl sites for hydroxylation is 1. The van der Waals surface area contributed by atoms with E-state index < -0.39 is 21.5 Å². The van der Waals surface area contributed by atoms with Crippen molar-refractivity contribution < 1.29 is 17.9 Å². The average molecular weight is 626 g/mol. The van der Waals surface area contributed by atoms with Crippen LogP contribution in [0.4, 0.5) is 5.82 Å². The predicted octanol–water partition coefficient (Wildman–Crippen LogP) is 5.82. The number of hydrogen-bond donors (Lipinski definition) is 2. The molecule has 1 aliphatic carbocycles. The van der Waals surface area contributed by atoms with Crippen molar-refractivity contribution >= 4 is 34.4 Å². The van der Waals surface area contributed by atoms with E-state index in [0.29, 0.717) is 42.1 Å². The summed E-state index contributed by atoms with van der Waals surface area (Å²) < 4.78 is 36.1. The molecule has 1 aliphatic heterocycles. The van der Waals surface area contributed by atoms with Gasteiger partial charge < -0.3 is 9.64 Å². The molecule has 1 saturated carbocycles. The van der Waals surface area contributed by atoms with Gasteiger partial charge in [0, 0.05) is 35.0 Å². The highest BCUT2D eigenvalue weighted by molar-refractivity contribution is 7.90. The number of rotatable bonds is 9. The third-order valence-electron chi connectivity index (χ3n) is 10.1. The summed E-state index contributed by atoms with van der Waals surface area (Å²) in [5, 5.41) is 4.61. The van der Waals surface area contributed by atoms with E-state index in [1.54, 1.807) is 54.2 Å². The quantitative estimate of drug-likeness (QED) is 0.289. The molecule has 1 saturated heterocycles. The third-order valence-corrected chi connectivity index (χ3v) is 12.2. The number of pyridine rings is 1. The number of nitrogens with one attached hydrogen (secondary N) is 1. The summed E-state index contributed by atoms with van der Waals surface area (Å²) in [6, 6.07) is 11.6. The number of nitrogens with zero attached hydrogens (tertiary/aromatic N) is 4. The molecule has 2 aliphatic rings. The highest BCUT2D eigenvalue weighted by Crippen LogP contribution is 2.68. The van der Waals surface area contributed by atoms with Crippen molar-refractivity contribution in [2.24, 2.45) is 16.7 Å². The molecule has 1 amide bonds. The summed E-state index contributed by atoms with van der Waals surface area (Å²) in [6.45, 7) is 18.1. The second-order valence-corrected chi connectivity index (χ2v) is 16.4. The standard InChI is InChI=1S/C32H43N5O4S2/c1-9-32(42)19-29(3,4)36(20-32)27-22(28(38)35-43(39,40)23-13-11-10-12-21(23)2)14-15-25(33-27)37-17-16-26(34-37)41-18-24-30(5,6)31(24,7)8/h10-17,24,42H,9,18-20H2,1-8H3,(H,35,38)/t32-/m1/s1. The van der Waals surface area contributed by atoms with E-state index in [9.17, 15) is 13.2 Å². The lowest BCUT2D eigenvalue weighted by atomic mass is 9.94. The fourth-order valence-corrected chi connectivity index (χ4v) is 8.27. The number of aromatic nitrogens is 3. The van der Waals surface area contributed by atoms with Gasteiger partial charge in [-0.1, -0.05) is 52.8 Å². The Bertz CT molecular complexity index is 1650. The van der Waals surface area contributed by atoms with E-state index in [1.807, 2.05) is 0 Å². The Kier molecular flexibility index (Phi) is 7.69. The number of amides is 1. The summed E-state index contributed by atoms with van der Waals surface area (Å²) in [7, 11) is -4.11. The van der Waals surface area contributed by atoms with Crippen molar-refractivity contribution in [1.29, 1.82) is 0 Å². The molecule has 1 aromatic carbocycles. The monoisotopic (exact) mass is 625 g/mol. The van der Waals surface area contributed by atoms with Crippen LogP contribution >= 0.6 is 12.6 Å². The highest BCUT2D eigenvalue weighted by Gasteiger charge is 2.64. The van der Waals surface area contributed by atoms with Crippen LogP contribution in [0.15, 0.2) is 53.6 Å². The fraction of sp³-hybridized carbons (Fsp3) is 0.531. The highest BCUT2D eigenvalue weighted by atomic mass is 32.2. The van der Waals surface area contributed by atoms with Crippen LogP contribution in [0, 0.1) is 23.7 Å². The van der Waals surface area contributed by atoms with Crippen LogP contribution in [-0.4, -0.2) is 52.5 Å². The van der Waals surface area contributed by atoms with Crippen molar-refractivity contribution in [3.05, 3.63) is 59.8 Å². The fourth-order valence-electron chi connectivity index (χ4n) is 6.53. The van der Waals surface area contributed by atoms with Gasteiger partial charge in [0.25, 0.3) is 15.9 Å². The van der Waals surface area contributed by atoms with Crippen LogP contribution in [-0.2, 0) is 10.0 Å². The number of benzene rings is 1. The number of thiol groups is 1. The Morgan fingerprint density at radius 3 is 2.35 bits per heavy atom. The third kappa shape index (κ3) is 5.66. The van der Waals surface area contributed by atoms with Gasteiger partial charge in [-0.3, -0.25) is 4.79 Å². The molecule has 11 heteroatoms. The van der Waals surface area contributed by atoms with E-state index in [0.717, 1.165) is 12.8 Å². The molecule has 2 fully saturated rings. The molecule has 1 N–H and O–H groups in total. The largest absolute Gasteiger partial charge is 0.476 e. The van der Waals surface area contributed by atoms with E-state index in [4.69, 9.17) is 22.3 Å². The van der Waals surface area contributed by atoms with Gasteiger partial charge >= 0.3 is 0 Å². The molecule has 0 spiro atoms. The lowest BCUT2D eigenvalue weighted by Crippen LogP contribution is -2.41. The average Bonchev–Trinajstić information content (AvgIpc) is 3.28. The van der Waals surface area contributed by atoms with E-state index in [2.05, 4.69) is 63.2 Å². The first-order chi connectivity index (χ1) is 19.9. The molecular formula is C32H43N5O4S2.